The number of likely N-dealkylation sites (tertiary alicyclic amines) is 1. The van der Waals surface area contributed by atoms with Crippen LogP contribution in [0.5, 0.6) is 0 Å². The van der Waals surface area contributed by atoms with E-state index in [0.717, 1.165) is 30.5 Å². The zero-order valence-electron chi connectivity index (χ0n) is 17.0. The molecule has 0 radical (unpaired) electrons. The summed E-state index contributed by atoms with van der Waals surface area (Å²) in [6, 6.07) is 7.59. The first-order chi connectivity index (χ1) is 13.7. The summed E-state index contributed by atoms with van der Waals surface area (Å²) in [4.78, 5) is 14.9. The molecule has 0 aliphatic carbocycles. The van der Waals surface area contributed by atoms with Crippen LogP contribution in [0.2, 0.25) is 0 Å². The average molecular weight is 408 g/mol. The Hall–Kier alpha value is -2.35. The van der Waals surface area contributed by atoms with E-state index in [1.54, 1.807) is 13.8 Å². The van der Waals surface area contributed by atoms with E-state index in [-0.39, 0.29) is 6.04 Å². The zero-order chi connectivity index (χ0) is 21.2. The first-order valence-electron chi connectivity index (χ1n) is 9.89. The Labute approximate surface area is 168 Å². The second kappa shape index (κ2) is 8.57. The second-order valence-corrected chi connectivity index (χ2v) is 7.89. The van der Waals surface area contributed by atoms with E-state index < -0.39 is 29.4 Å². The van der Waals surface area contributed by atoms with Gasteiger partial charge in [-0.15, -0.1) is 0 Å². The van der Waals surface area contributed by atoms with Crippen LogP contribution in [0.15, 0.2) is 30.5 Å². The summed E-state index contributed by atoms with van der Waals surface area (Å²) in [7, 11) is 0. The number of hydrogen-bond acceptors (Lipinski definition) is 3. The minimum atomic E-state index is -4.63. The highest BCUT2D eigenvalue weighted by atomic mass is 19.4. The van der Waals surface area contributed by atoms with E-state index >= 15 is 0 Å². The zero-order valence-corrected chi connectivity index (χ0v) is 17.0. The fraction of sp³-hybridized carbons (Fsp3) is 0.524. The van der Waals surface area contributed by atoms with Gasteiger partial charge in [0, 0.05) is 31.7 Å². The van der Waals surface area contributed by atoms with E-state index in [2.05, 4.69) is 34.4 Å². The number of amides is 1. The van der Waals surface area contributed by atoms with E-state index in [0.29, 0.717) is 12.8 Å². The third-order valence-corrected chi connectivity index (χ3v) is 5.38. The van der Waals surface area contributed by atoms with Crippen molar-refractivity contribution in [1.29, 1.82) is 0 Å². The Bertz CT molecular complexity index is 852. The van der Waals surface area contributed by atoms with Gasteiger partial charge in [0.2, 0.25) is 0 Å². The maximum Gasteiger partial charge on any atom is 0.433 e. The maximum absolute atomic E-state index is 13.5. The monoisotopic (exact) mass is 408 g/mol. The highest BCUT2D eigenvalue weighted by molar-refractivity contribution is 5.95. The molecule has 8 heteroatoms. The second-order valence-electron chi connectivity index (χ2n) is 7.89. The van der Waals surface area contributed by atoms with Crippen molar-refractivity contribution >= 4 is 5.91 Å². The van der Waals surface area contributed by atoms with Gasteiger partial charge in [0.25, 0.3) is 5.91 Å². The first kappa shape index (κ1) is 21.4. The lowest BCUT2D eigenvalue weighted by Gasteiger charge is -2.32. The number of piperidine rings is 1. The largest absolute Gasteiger partial charge is 0.433 e. The number of nitrogens with one attached hydrogen (secondary N) is 1. The SMILES string of the molecule is Cc1ccccc1CN1CCC(NC(=O)c2cnn(C(C)C)c2C(F)(F)F)CC1. The number of carbonyl (C=O) groups is 1. The third kappa shape index (κ3) is 4.98. The van der Waals surface area contributed by atoms with Crippen LogP contribution in [0.25, 0.3) is 0 Å². The van der Waals surface area contributed by atoms with Crippen LogP contribution in [-0.2, 0) is 12.7 Å². The number of alkyl halides is 3. The molecule has 0 spiro atoms. The van der Waals surface area contributed by atoms with Crippen molar-refractivity contribution in [3.8, 4) is 0 Å². The van der Waals surface area contributed by atoms with E-state index in [1.165, 1.54) is 11.1 Å². The molecule has 1 aromatic heterocycles. The Morgan fingerprint density at radius 2 is 1.90 bits per heavy atom. The highest BCUT2D eigenvalue weighted by Gasteiger charge is 2.41. The van der Waals surface area contributed by atoms with Crippen molar-refractivity contribution in [3.63, 3.8) is 0 Å². The van der Waals surface area contributed by atoms with Gasteiger partial charge in [-0.3, -0.25) is 14.4 Å². The summed E-state index contributed by atoms with van der Waals surface area (Å²) in [6.45, 7) is 7.71. The minimum absolute atomic E-state index is 0.140. The molecule has 5 nitrogen and oxygen atoms in total. The van der Waals surface area contributed by atoms with Gasteiger partial charge in [0.1, 0.15) is 0 Å². The Balaban J connectivity index is 1.61. The van der Waals surface area contributed by atoms with Crippen molar-refractivity contribution in [2.24, 2.45) is 0 Å². The number of hydrogen-bond donors (Lipinski definition) is 1. The molecule has 2 heterocycles. The Kier molecular flexibility index (Phi) is 6.31. The van der Waals surface area contributed by atoms with E-state index in [1.807, 2.05) is 12.1 Å². The molecule has 158 valence electrons. The smallest absolute Gasteiger partial charge is 0.349 e. The average Bonchev–Trinajstić information content (AvgIpc) is 3.11. The van der Waals surface area contributed by atoms with Gasteiger partial charge in [-0.05, 0) is 44.7 Å². The van der Waals surface area contributed by atoms with Crippen LogP contribution in [0, 0.1) is 6.92 Å². The first-order valence-corrected chi connectivity index (χ1v) is 9.89. The quantitative estimate of drug-likeness (QED) is 0.807. The van der Waals surface area contributed by atoms with Crippen molar-refractivity contribution in [2.45, 2.75) is 58.4 Å². The number of nitrogens with zero attached hydrogens (tertiary/aromatic N) is 3. The molecule has 1 aromatic carbocycles. The minimum Gasteiger partial charge on any atom is -0.349 e. The van der Waals surface area contributed by atoms with Gasteiger partial charge < -0.3 is 5.32 Å². The molecule has 1 N–H and O–H groups in total. The summed E-state index contributed by atoms with van der Waals surface area (Å²) in [5, 5.41) is 6.57. The lowest BCUT2D eigenvalue weighted by Crippen LogP contribution is -2.44. The van der Waals surface area contributed by atoms with Gasteiger partial charge >= 0.3 is 6.18 Å². The molecule has 1 amide bonds. The summed E-state index contributed by atoms with van der Waals surface area (Å²) in [6.07, 6.45) is -2.20. The predicted octanol–water partition coefficient (Wildman–Crippen LogP) is 4.19. The van der Waals surface area contributed by atoms with Crippen molar-refractivity contribution in [2.75, 3.05) is 13.1 Å². The van der Waals surface area contributed by atoms with Crippen LogP contribution in [0.3, 0.4) is 0 Å². The number of carbonyl (C=O) groups excluding carboxylic acids is 1. The molecule has 2 aromatic rings. The highest BCUT2D eigenvalue weighted by Crippen LogP contribution is 2.33. The maximum atomic E-state index is 13.5. The molecule has 1 aliphatic heterocycles. The molecule has 3 rings (SSSR count). The fourth-order valence-electron chi connectivity index (χ4n) is 3.73. The van der Waals surface area contributed by atoms with Crippen LogP contribution < -0.4 is 5.32 Å². The molecule has 0 bridgehead atoms. The molecule has 0 unspecified atom stereocenters. The number of benzene rings is 1. The lowest BCUT2D eigenvalue weighted by molar-refractivity contribution is -0.145. The van der Waals surface area contributed by atoms with E-state index in [4.69, 9.17) is 0 Å². The number of halogens is 3. The molecule has 0 atom stereocenters. The molecular formula is C21H27F3N4O. The van der Waals surface area contributed by atoms with Crippen molar-refractivity contribution < 1.29 is 18.0 Å². The summed E-state index contributed by atoms with van der Waals surface area (Å²) >= 11 is 0. The fourth-order valence-corrected chi connectivity index (χ4v) is 3.73. The third-order valence-electron chi connectivity index (χ3n) is 5.38. The van der Waals surface area contributed by atoms with Crippen LogP contribution in [0.1, 0.15) is 59.9 Å². The number of aromatic nitrogens is 2. The van der Waals surface area contributed by atoms with Gasteiger partial charge in [0.05, 0.1) is 11.8 Å². The molecule has 0 saturated carbocycles. The molecule has 1 aliphatic rings. The van der Waals surface area contributed by atoms with Gasteiger partial charge in [-0.25, -0.2) is 0 Å². The number of aryl methyl sites for hydroxylation is 1. The molecule has 1 saturated heterocycles. The van der Waals surface area contributed by atoms with Crippen LogP contribution >= 0.6 is 0 Å². The van der Waals surface area contributed by atoms with Crippen LogP contribution in [0.4, 0.5) is 13.2 Å². The van der Waals surface area contributed by atoms with Gasteiger partial charge in [-0.1, -0.05) is 24.3 Å². The summed E-state index contributed by atoms with van der Waals surface area (Å²) < 4.78 is 41.3. The van der Waals surface area contributed by atoms with Crippen LogP contribution in [-0.4, -0.2) is 39.7 Å². The van der Waals surface area contributed by atoms with E-state index in [9.17, 15) is 18.0 Å². The summed E-state index contributed by atoms with van der Waals surface area (Å²) in [5.41, 5.74) is 1.12. The molecule has 29 heavy (non-hydrogen) atoms. The molecular weight excluding hydrogens is 381 g/mol. The van der Waals surface area contributed by atoms with Crippen molar-refractivity contribution in [1.82, 2.24) is 20.0 Å². The van der Waals surface area contributed by atoms with Gasteiger partial charge in [-0.2, -0.15) is 18.3 Å². The Morgan fingerprint density at radius 3 is 2.48 bits per heavy atom. The lowest BCUT2D eigenvalue weighted by atomic mass is 10.0. The normalized spacial score (nSPS) is 16.4. The summed E-state index contributed by atoms with van der Waals surface area (Å²) in [5.74, 6) is -0.707. The standard InChI is InChI=1S/C21H27F3N4O/c1-14(2)28-19(21(22,23)24)18(12-25-28)20(29)26-17-8-10-27(11-9-17)13-16-7-5-4-6-15(16)3/h4-7,12,14,17H,8-11,13H2,1-3H3,(H,26,29). The van der Waals surface area contributed by atoms with Crippen molar-refractivity contribution in [3.05, 3.63) is 52.8 Å². The predicted molar refractivity (Wildman–Crippen MR) is 105 cm³/mol. The Morgan fingerprint density at radius 1 is 1.24 bits per heavy atom. The van der Waals surface area contributed by atoms with Gasteiger partial charge in [0.15, 0.2) is 5.69 Å². The number of rotatable bonds is 5. The molecule has 1 fully saturated rings. The topological polar surface area (TPSA) is 50.2 Å².